The van der Waals surface area contributed by atoms with Crippen molar-refractivity contribution in [2.45, 2.75) is 50.4 Å². The highest BCUT2D eigenvalue weighted by atomic mass is 35.5. The molecule has 0 bridgehead atoms. The summed E-state index contributed by atoms with van der Waals surface area (Å²) in [5.74, 6) is -0.848. The number of rotatable bonds is 2. The molecule has 0 saturated heterocycles. The van der Waals surface area contributed by atoms with E-state index in [1.54, 1.807) is 0 Å². The number of aromatic hydroxyl groups is 1. The maximum absolute atomic E-state index is 11.6. The Morgan fingerprint density at radius 2 is 1.89 bits per heavy atom. The summed E-state index contributed by atoms with van der Waals surface area (Å²) >= 11 is 6.10. The molecule has 1 aromatic carbocycles. The minimum absolute atomic E-state index is 0.0118. The van der Waals surface area contributed by atoms with Crippen LogP contribution in [-0.4, -0.2) is 16.2 Å². The molecule has 2 aliphatic carbocycles. The van der Waals surface area contributed by atoms with Gasteiger partial charge in [0.25, 0.3) is 0 Å². The molecule has 0 aliphatic heterocycles. The molecule has 0 aromatic heterocycles. The van der Waals surface area contributed by atoms with Crippen LogP contribution in [0.15, 0.2) is 6.07 Å². The molecule has 1 saturated carbocycles. The van der Waals surface area contributed by atoms with Crippen LogP contribution >= 0.6 is 11.6 Å². The molecule has 1 fully saturated rings. The highest BCUT2D eigenvalue weighted by molar-refractivity contribution is 6.32. The van der Waals surface area contributed by atoms with E-state index in [0.29, 0.717) is 23.4 Å². The van der Waals surface area contributed by atoms with E-state index in [9.17, 15) is 15.0 Å². The number of aliphatic carboxylic acids is 1. The largest absolute Gasteiger partial charge is 0.506 e. The van der Waals surface area contributed by atoms with Crippen molar-refractivity contribution in [2.24, 2.45) is 0 Å². The summed E-state index contributed by atoms with van der Waals surface area (Å²) in [6.07, 6.45) is 6.28. The lowest BCUT2D eigenvalue weighted by molar-refractivity contribution is -0.140. The van der Waals surface area contributed by atoms with Gasteiger partial charge in [0, 0.05) is 5.56 Å². The Hall–Kier alpha value is -1.22. The fraction of sp³-hybridized carbons (Fsp3) is 0.533. The fourth-order valence-corrected chi connectivity index (χ4v) is 3.47. The first-order valence-electron chi connectivity index (χ1n) is 6.83. The van der Waals surface area contributed by atoms with Gasteiger partial charge in [0.2, 0.25) is 0 Å². The topological polar surface area (TPSA) is 57.5 Å². The highest BCUT2D eigenvalue weighted by Crippen LogP contribution is 2.55. The molecular formula is C15H17ClO3. The molecule has 2 aliphatic rings. The summed E-state index contributed by atoms with van der Waals surface area (Å²) < 4.78 is 0. The average Bonchev–Trinajstić information content (AvgIpc) is 3.15. The van der Waals surface area contributed by atoms with E-state index in [1.165, 1.54) is 0 Å². The second kappa shape index (κ2) is 4.41. The van der Waals surface area contributed by atoms with Gasteiger partial charge in [0.05, 0.1) is 10.4 Å². The maximum atomic E-state index is 11.6. The third-order valence-electron chi connectivity index (χ3n) is 4.46. The third kappa shape index (κ3) is 1.91. The normalized spacial score (nSPS) is 20.5. The number of hydrogen-bond acceptors (Lipinski definition) is 2. The SMILES string of the molecule is O=C(O)C1(c2c(O)c(Cl)cc3c2CCCCC3)CC1. The quantitative estimate of drug-likeness (QED) is 0.816. The summed E-state index contributed by atoms with van der Waals surface area (Å²) in [5, 5.41) is 20.1. The molecule has 4 heteroatoms. The van der Waals surface area contributed by atoms with Crippen LogP contribution in [0, 0.1) is 0 Å². The van der Waals surface area contributed by atoms with E-state index < -0.39 is 11.4 Å². The zero-order valence-corrected chi connectivity index (χ0v) is 11.5. The van der Waals surface area contributed by atoms with Crippen LogP contribution in [0.25, 0.3) is 0 Å². The monoisotopic (exact) mass is 280 g/mol. The molecule has 3 rings (SSSR count). The molecule has 19 heavy (non-hydrogen) atoms. The molecule has 0 radical (unpaired) electrons. The lowest BCUT2D eigenvalue weighted by Gasteiger charge is -2.20. The number of phenolic OH excluding ortho intramolecular Hbond substituents is 1. The van der Waals surface area contributed by atoms with Gasteiger partial charge < -0.3 is 10.2 Å². The van der Waals surface area contributed by atoms with Crippen molar-refractivity contribution in [1.29, 1.82) is 0 Å². The molecule has 3 nitrogen and oxygen atoms in total. The first-order chi connectivity index (χ1) is 9.06. The second-order valence-corrected chi connectivity index (χ2v) is 6.07. The number of hydrogen-bond donors (Lipinski definition) is 2. The van der Waals surface area contributed by atoms with E-state index >= 15 is 0 Å². The van der Waals surface area contributed by atoms with E-state index in [4.69, 9.17) is 11.6 Å². The summed E-state index contributed by atoms with van der Waals surface area (Å²) in [4.78, 5) is 11.6. The van der Waals surface area contributed by atoms with Crippen LogP contribution < -0.4 is 0 Å². The minimum Gasteiger partial charge on any atom is -0.506 e. The standard InChI is InChI=1S/C15H17ClO3/c16-11-8-9-4-2-1-3-5-10(9)12(13(11)17)15(6-7-15)14(18)19/h8,17H,1-7H2,(H,18,19). The van der Waals surface area contributed by atoms with E-state index in [-0.39, 0.29) is 5.75 Å². The van der Waals surface area contributed by atoms with Gasteiger partial charge in [0.1, 0.15) is 5.75 Å². The van der Waals surface area contributed by atoms with E-state index in [0.717, 1.165) is 43.2 Å². The minimum atomic E-state index is -0.886. The van der Waals surface area contributed by atoms with Gasteiger partial charge in [-0.1, -0.05) is 18.0 Å². The number of phenols is 1. The predicted molar refractivity (Wildman–Crippen MR) is 72.9 cm³/mol. The Morgan fingerprint density at radius 3 is 2.53 bits per heavy atom. The zero-order valence-electron chi connectivity index (χ0n) is 10.7. The Bertz CT molecular complexity index is 547. The first kappa shape index (κ1) is 12.8. The smallest absolute Gasteiger partial charge is 0.314 e. The Kier molecular flexibility index (Phi) is 2.97. The molecule has 0 amide bonds. The fourth-order valence-electron chi connectivity index (χ4n) is 3.25. The second-order valence-electron chi connectivity index (χ2n) is 5.67. The van der Waals surface area contributed by atoms with Crippen molar-refractivity contribution in [1.82, 2.24) is 0 Å². The van der Waals surface area contributed by atoms with Crippen LogP contribution in [-0.2, 0) is 23.1 Å². The Balaban J connectivity index is 2.22. The van der Waals surface area contributed by atoms with E-state index in [2.05, 4.69) is 0 Å². The number of carboxylic acids is 1. The van der Waals surface area contributed by atoms with Gasteiger partial charge in [0.15, 0.2) is 0 Å². The van der Waals surface area contributed by atoms with Crippen molar-refractivity contribution in [3.8, 4) is 5.75 Å². The summed E-state index contributed by atoms with van der Waals surface area (Å²) in [5.41, 5.74) is 1.88. The van der Waals surface area contributed by atoms with Crippen LogP contribution in [0.2, 0.25) is 5.02 Å². The summed E-state index contributed by atoms with van der Waals surface area (Å²) in [6.45, 7) is 0. The van der Waals surface area contributed by atoms with Crippen LogP contribution in [0.5, 0.6) is 5.75 Å². The van der Waals surface area contributed by atoms with Gasteiger partial charge in [-0.3, -0.25) is 4.79 Å². The molecule has 2 N–H and O–H groups in total. The molecule has 1 aromatic rings. The van der Waals surface area contributed by atoms with Crippen molar-refractivity contribution >= 4 is 17.6 Å². The number of carbonyl (C=O) groups is 1. The van der Waals surface area contributed by atoms with Gasteiger partial charge in [-0.2, -0.15) is 0 Å². The predicted octanol–water partition coefficient (Wildman–Crippen LogP) is 3.43. The zero-order chi connectivity index (χ0) is 13.6. The first-order valence-corrected chi connectivity index (χ1v) is 7.21. The van der Waals surface area contributed by atoms with Crippen molar-refractivity contribution in [3.05, 3.63) is 27.8 Å². The number of benzene rings is 1. The van der Waals surface area contributed by atoms with Crippen LogP contribution in [0.1, 0.15) is 48.8 Å². The number of aryl methyl sites for hydroxylation is 1. The van der Waals surface area contributed by atoms with Gasteiger partial charge >= 0.3 is 5.97 Å². The maximum Gasteiger partial charge on any atom is 0.314 e. The number of fused-ring (bicyclic) bond motifs is 1. The Morgan fingerprint density at radius 1 is 1.21 bits per heavy atom. The van der Waals surface area contributed by atoms with Gasteiger partial charge in [-0.15, -0.1) is 0 Å². The van der Waals surface area contributed by atoms with Crippen molar-refractivity contribution < 1.29 is 15.0 Å². The Labute approximate surface area is 117 Å². The lowest BCUT2D eigenvalue weighted by Crippen LogP contribution is -2.22. The average molecular weight is 281 g/mol. The molecule has 0 heterocycles. The van der Waals surface area contributed by atoms with Crippen LogP contribution in [0.3, 0.4) is 0 Å². The summed E-state index contributed by atoms with van der Waals surface area (Å²) in [7, 11) is 0. The molecule has 0 atom stereocenters. The van der Waals surface area contributed by atoms with Crippen molar-refractivity contribution in [3.63, 3.8) is 0 Å². The number of carboxylic acid groups (broad SMARTS) is 1. The molecule has 0 unspecified atom stereocenters. The molecule has 102 valence electrons. The molecular weight excluding hydrogens is 264 g/mol. The van der Waals surface area contributed by atoms with Crippen molar-refractivity contribution in [2.75, 3.05) is 0 Å². The third-order valence-corrected chi connectivity index (χ3v) is 4.75. The number of halogens is 1. The van der Waals surface area contributed by atoms with Gasteiger partial charge in [-0.05, 0) is 55.7 Å². The molecule has 0 spiro atoms. The van der Waals surface area contributed by atoms with Gasteiger partial charge in [-0.25, -0.2) is 0 Å². The van der Waals surface area contributed by atoms with Crippen LogP contribution in [0.4, 0.5) is 0 Å². The lowest BCUT2D eigenvalue weighted by atomic mass is 9.85. The summed E-state index contributed by atoms with van der Waals surface area (Å²) in [6, 6.07) is 1.82. The van der Waals surface area contributed by atoms with E-state index in [1.807, 2.05) is 6.07 Å². The highest BCUT2D eigenvalue weighted by Gasteiger charge is 2.54.